The van der Waals surface area contributed by atoms with Crippen molar-refractivity contribution in [2.45, 2.75) is 19.6 Å². The molecule has 0 aliphatic rings. The van der Waals surface area contributed by atoms with Gasteiger partial charge in [-0.05, 0) is 24.6 Å². The fourth-order valence-electron chi connectivity index (χ4n) is 1.35. The number of hydrogen-bond donors (Lipinski definition) is 0. The number of benzene rings is 1. The van der Waals surface area contributed by atoms with Gasteiger partial charge in [0.1, 0.15) is 6.10 Å². The van der Waals surface area contributed by atoms with E-state index < -0.39 is 0 Å². The van der Waals surface area contributed by atoms with E-state index in [1.807, 2.05) is 24.3 Å². The number of hydrogen-bond acceptors (Lipinski definition) is 2. The highest BCUT2D eigenvalue weighted by atomic mass is 79.9. The van der Waals surface area contributed by atoms with Crippen LogP contribution in [0, 0.1) is 0 Å². The number of rotatable bonds is 4. The summed E-state index contributed by atoms with van der Waals surface area (Å²) in [6.45, 7) is 2.35. The van der Waals surface area contributed by atoms with Crippen molar-refractivity contribution in [3.05, 3.63) is 34.3 Å². The predicted molar refractivity (Wildman–Crippen MR) is 67.1 cm³/mol. The molecule has 16 heavy (non-hydrogen) atoms. The molecule has 1 amide bonds. The molecule has 0 N–H and O–H groups in total. The number of likely N-dealkylation sites (N-methyl/N-ethyl adjacent to an activating group) is 1. The van der Waals surface area contributed by atoms with Crippen LogP contribution in [0.2, 0.25) is 0 Å². The standard InChI is InChI=1S/C12H16BrNO2/c1-9(16-3)12(15)14(2)8-10-4-6-11(13)7-5-10/h4-7,9H,8H2,1-3H3. The van der Waals surface area contributed by atoms with Gasteiger partial charge in [-0.25, -0.2) is 0 Å². The summed E-state index contributed by atoms with van der Waals surface area (Å²) < 4.78 is 6.03. The molecule has 3 nitrogen and oxygen atoms in total. The highest BCUT2D eigenvalue weighted by Gasteiger charge is 2.16. The average molecular weight is 286 g/mol. The van der Waals surface area contributed by atoms with E-state index in [0.29, 0.717) is 6.54 Å². The van der Waals surface area contributed by atoms with E-state index in [1.165, 1.54) is 7.11 Å². The molecule has 1 aromatic carbocycles. The maximum atomic E-state index is 11.7. The summed E-state index contributed by atoms with van der Waals surface area (Å²) in [6.07, 6.45) is -0.388. The Morgan fingerprint density at radius 2 is 2.00 bits per heavy atom. The van der Waals surface area contributed by atoms with Crippen LogP contribution in [-0.2, 0) is 16.1 Å². The van der Waals surface area contributed by atoms with Crippen molar-refractivity contribution in [2.24, 2.45) is 0 Å². The van der Waals surface area contributed by atoms with Gasteiger partial charge in [-0.3, -0.25) is 4.79 Å². The first-order chi connectivity index (χ1) is 7.54. The third-order valence-electron chi connectivity index (χ3n) is 2.41. The van der Waals surface area contributed by atoms with Crippen LogP contribution in [0.4, 0.5) is 0 Å². The maximum Gasteiger partial charge on any atom is 0.251 e. The minimum absolute atomic E-state index is 0.00887. The fraction of sp³-hybridized carbons (Fsp3) is 0.417. The maximum absolute atomic E-state index is 11.7. The normalized spacial score (nSPS) is 12.2. The van der Waals surface area contributed by atoms with Gasteiger partial charge in [0, 0.05) is 25.2 Å². The molecule has 88 valence electrons. The van der Waals surface area contributed by atoms with Crippen molar-refractivity contribution >= 4 is 21.8 Å². The largest absolute Gasteiger partial charge is 0.372 e. The Bertz CT molecular complexity index is 351. The van der Waals surface area contributed by atoms with E-state index >= 15 is 0 Å². The average Bonchev–Trinajstić information content (AvgIpc) is 2.30. The van der Waals surface area contributed by atoms with Gasteiger partial charge < -0.3 is 9.64 Å². The predicted octanol–water partition coefficient (Wildman–Crippen LogP) is 2.44. The minimum atomic E-state index is -0.388. The molecule has 0 aromatic heterocycles. The first kappa shape index (κ1) is 13.2. The summed E-state index contributed by atoms with van der Waals surface area (Å²) in [7, 11) is 3.32. The smallest absolute Gasteiger partial charge is 0.251 e. The number of ether oxygens (including phenoxy) is 1. The van der Waals surface area contributed by atoms with Gasteiger partial charge in [-0.2, -0.15) is 0 Å². The third-order valence-corrected chi connectivity index (χ3v) is 2.94. The van der Waals surface area contributed by atoms with Crippen LogP contribution in [0.25, 0.3) is 0 Å². The van der Waals surface area contributed by atoms with Crippen molar-refractivity contribution in [3.63, 3.8) is 0 Å². The van der Waals surface area contributed by atoms with Crippen molar-refractivity contribution < 1.29 is 9.53 Å². The molecule has 0 heterocycles. The molecule has 0 aliphatic carbocycles. The highest BCUT2D eigenvalue weighted by molar-refractivity contribution is 9.10. The molecule has 4 heteroatoms. The molecule has 1 aromatic rings. The second-order valence-electron chi connectivity index (χ2n) is 3.70. The van der Waals surface area contributed by atoms with Crippen molar-refractivity contribution in [2.75, 3.05) is 14.2 Å². The number of carbonyl (C=O) groups is 1. The molecule has 0 fully saturated rings. The molecule has 0 aliphatic heterocycles. The van der Waals surface area contributed by atoms with E-state index in [2.05, 4.69) is 15.9 Å². The number of amides is 1. The summed E-state index contributed by atoms with van der Waals surface area (Å²) >= 11 is 3.37. The molecule has 1 rings (SSSR count). The van der Waals surface area contributed by atoms with Crippen LogP contribution in [-0.4, -0.2) is 31.1 Å². The lowest BCUT2D eigenvalue weighted by molar-refractivity contribution is -0.140. The van der Waals surface area contributed by atoms with Gasteiger partial charge in [0.25, 0.3) is 5.91 Å². The number of carbonyl (C=O) groups excluding carboxylic acids is 1. The lowest BCUT2D eigenvalue weighted by atomic mass is 10.2. The molecule has 1 atom stereocenters. The fourth-order valence-corrected chi connectivity index (χ4v) is 1.62. The molecule has 0 saturated heterocycles. The first-order valence-corrected chi connectivity index (χ1v) is 5.86. The van der Waals surface area contributed by atoms with Crippen molar-refractivity contribution in [1.29, 1.82) is 0 Å². The lowest BCUT2D eigenvalue weighted by Gasteiger charge is -2.20. The zero-order chi connectivity index (χ0) is 12.1. The van der Waals surface area contributed by atoms with Crippen LogP contribution in [0.3, 0.4) is 0 Å². The zero-order valence-corrected chi connectivity index (χ0v) is 11.3. The monoisotopic (exact) mass is 285 g/mol. The summed E-state index contributed by atoms with van der Waals surface area (Å²) in [4.78, 5) is 13.4. The molecule has 0 bridgehead atoms. The summed E-state index contributed by atoms with van der Waals surface area (Å²) in [6, 6.07) is 7.91. The summed E-state index contributed by atoms with van der Waals surface area (Å²) in [5.74, 6) is -0.00887. The van der Waals surface area contributed by atoms with Crippen LogP contribution in [0.15, 0.2) is 28.7 Å². The van der Waals surface area contributed by atoms with Gasteiger partial charge in [0.2, 0.25) is 0 Å². The van der Waals surface area contributed by atoms with Gasteiger partial charge in [-0.1, -0.05) is 28.1 Å². The third kappa shape index (κ3) is 3.61. The second-order valence-corrected chi connectivity index (χ2v) is 4.61. The molecule has 0 saturated carbocycles. The number of halogens is 1. The summed E-state index contributed by atoms with van der Waals surface area (Å²) in [5, 5.41) is 0. The zero-order valence-electron chi connectivity index (χ0n) is 9.74. The van der Waals surface area contributed by atoms with E-state index in [-0.39, 0.29) is 12.0 Å². The van der Waals surface area contributed by atoms with E-state index in [4.69, 9.17) is 4.74 Å². The molecule has 0 radical (unpaired) electrons. The quantitative estimate of drug-likeness (QED) is 0.851. The molecular formula is C12H16BrNO2. The van der Waals surface area contributed by atoms with E-state index in [9.17, 15) is 4.79 Å². The Hall–Kier alpha value is -0.870. The van der Waals surface area contributed by atoms with Gasteiger partial charge in [0.15, 0.2) is 0 Å². The lowest BCUT2D eigenvalue weighted by Crippen LogP contribution is -2.35. The summed E-state index contributed by atoms with van der Waals surface area (Å²) in [5.41, 5.74) is 1.10. The molecule has 0 spiro atoms. The second kappa shape index (κ2) is 6.01. The van der Waals surface area contributed by atoms with Gasteiger partial charge in [0.05, 0.1) is 0 Å². The van der Waals surface area contributed by atoms with Gasteiger partial charge >= 0.3 is 0 Å². The SMILES string of the molecule is COC(C)C(=O)N(C)Cc1ccc(Br)cc1. The Morgan fingerprint density at radius 1 is 1.44 bits per heavy atom. The minimum Gasteiger partial charge on any atom is -0.372 e. The Balaban J connectivity index is 2.60. The molecule has 1 unspecified atom stereocenters. The Labute approximate surface area is 105 Å². The number of methoxy groups -OCH3 is 1. The Kier molecular flexibility index (Phi) is 4.96. The topological polar surface area (TPSA) is 29.5 Å². The molecular weight excluding hydrogens is 270 g/mol. The van der Waals surface area contributed by atoms with E-state index in [0.717, 1.165) is 10.0 Å². The van der Waals surface area contributed by atoms with Gasteiger partial charge in [-0.15, -0.1) is 0 Å². The van der Waals surface area contributed by atoms with Crippen LogP contribution in [0.1, 0.15) is 12.5 Å². The highest BCUT2D eigenvalue weighted by Crippen LogP contribution is 2.12. The van der Waals surface area contributed by atoms with Crippen LogP contribution < -0.4 is 0 Å². The Morgan fingerprint density at radius 3 is 2.50 bits per heavy atom. The first-order valence-electron chi connectivity index (χ1n) is 5.07. The van der Waals surface area contributed by atoms with Crippen LogP contribution in [0.5, 0.6) is 0 Å². The number of nitrogens with zero attached hydrogens (tertiary/aromatic N) is 1. The van der Waals surface area contributed by atoms with Crippen molar-refractivity contribution in [3.8, 4) is 0 Å². The van der Waals surface area contributed by atoms with Crippen LogP contribution >= 0.6 is 15.9 Å². The van der Waals surface area contributed by atoms with Crippen molar-refractivity contribution in [1.82, 2.24) is 4.90 Å². The van der Waals surface area contributed by atoms with E-state index in [1.54, 1.807) is 18.9 Å².